The third-order valence-electron chi connectivity index (χ3n) is 2.73. The first-order valence-corrected chi connectivity index (χ1v) is 7.14. The molecule has 0 unspecified atom stereocenters. The molecule has 0 saturated heterocycles. The highest BCUT2D eigenvalue weighted by atomic mass is 32.1. The largest absolute Gasteiger partial charge is 0.369 e. The van der Waals surface area contributed by atoms with Crippen molar-refractivity contribution in [3.63, 3.8) is 0 Å². The third kappa shape index (κ3) is 2.99. The average molecular weight is 259 g/mol. The van der Waals surface area contributed by atoms with Crippen LogP contribution in [-0.2, 0) is 6.42 Å². The van der Waals surface area contributed by atoms with Gasteiger partial charge >= 0.3 is 0 Å². The SMILES string of the molecule is C#CCCCCNc1nc(CC)nc2sccc12. The van der Waals surface area contributed by atoms with E-state index < -0.39 is 0 Å². The molecule has 0 atom stereocenters. The molecular weight excluding hydrogens is 242 g/mol. The molecular formula is C14H17N3S. The first kappa shape index (κ1) is 12.8. The Morgan fingerprint density at radius 2 is 2.28 bits per heavy atom. The molecule has 3 nitrogen and oxygen atoms in total. The van der Waals surface area contributed by atoms with Gasteiger partial charge in [-0.05, 0) is 24.3 Å². The van der Waals surface area contributed by atoms with Crippen molar-refractivity contribution in [3.05, 3.63) is 17.3 Å². The number of terminal acetylenes is 1. The summed E-state index contributed by atoms with van der Waals surface area (Å²) in [7, 11) is 0. The summed E-state index contributed by atoms with van der Waals surface area (Å²) in [6.07, 6.45) is 9.07. The Bertz CT molecular complexity index is 554. The summed E-state index contributed by atoms with van der Waals surface area (Å²) in [6, 6.07) is 2.07. The minimum atomic E-state index is 0.847. The van der Waals surface area contributed by atoms with Gasteiger partial charge in [0.1, 0.15) is 16.5 Å². The van der Waals surface area contributed by atoms with Gasteiger partial charge in [0.05, 0.1) is 5.39 Å². The van der Waals surface area contributed by atoms with Gasteiger partial charge in [0.25, 0.3) is 0 Å². The van der Waals surface area contributed by atoms with Crippen LogP contribution in [0, 0.1) is 12.3 Å². The van der Waals surface area contributed by atoms with Crippen LogP contribution in [0.15, 0.2) is 11.4 Å². The molecule has 0 bridgehead atoms. The fourth-order valence-electron chi connectivity index (χ4n) is 1.75. The minimum Gasteiger partial charge on any atom is -0.369 e. The number of nitrogens with zero attached hydrogens (tertiary/aromatic N) is 2. The molecule has 2 aromatic heterocycles. The smallest absolute Gasteiger partial charge is 0.138 e. The van der Waals surface area contributed by atoms with Gasteiger partial charge in [0.15, 0.2) is 0 Å². The van der Waals surface area contributed by atoms with E-state index in [-0.39, 0.29) is 0 Å². The van der Waals surface area contributed by atoms with E-state index in [1.165, 1.54) is 0 Å². The predicted molar refractivity (Wildman–Crippen MR) is 78.0 cm³/mol. The molecule has 1 N–H and O–H groups in total. The Balaban J connectivity index is 2.06. The van der Waals surface area contributed by atoms with Crippen LogP contribution in [0.2, 0.25) is 0 Å². The van der Waals surface area contributed by atoms with E-state index in [9.17, 15) is 0 Å². The Kier molecular flexibility index (Phi) is 4.54. The van der Waals surface area contributed by atoms with Crippen molar-refractivity contribution in [2.45, 2.75) is 32.6 Å². The zero-order valence-electron chi connectivity index (χ0n) is 10.6. The first-order valence-electron chi connectivity index (χ1n) is 6.26. The van der Waals surface area contributed by atoms with E-state index in [1.807, 2.05) is 0 Å². The van der Waals surface area contributed by atoms with E-state index in [0.717, 1.165) is 54.1 Å². The fraction of sp³-hybridized carbons (Fsp3) is 0.429. The Labute approximate surface area is 112 Å². The predicted octanol–water partition coefficient (Wildman–Crippen LogP) is 3.47. The molecule has 0 fully saturated rings. The number of unbranched alkanes of at least 4 members (excludes halogenated alkanes) is 2. The molecule has 4 heteroatoms. The number of aryl methyl sites for hydroxylation is 1. The van der Waals surface area contributed by atoms with Gasteiger partial charge < -0.3 is 5.32 Å². The van der Waals surface area contributed by atoms with Crippen molar-refractivity contribution in [1.82, 2.24) is 9.97 Å². The van der Waals surface area contributed by atoms with Crippen molar-refractivity contribution >= 4 is 27.4 Å². The molecule has 94 valence electrons. The van der Waals surface area contributed by atoms with Crippen LogP contribution in [0.1, 0.15) is 32.0 Å². The van der Waals surface area contributed by atoms with Crippen LogP contribution in [-0.4, -0.2) is 16.5 Å². The number of rotatable bonds is 6. The van der Waals surface area contributed by atoms with E-state index >= 15 is 0 Å². The molecule has 0 aromatic carbocycles. The first-order chi connectivity index (χ1) is 8.85. The number of nitrogens with one attached hydrogen (secondary N) is 1. The standard InChI is InChI=1S/C14H17N3S/c1-3-5-6-7-9-15-13-11-8-10-18-14(11)17-12(4-2)16-13/h1,8,10H,4-7,9H2,2H3,(H,15,16,17). The van der Waals surface area contributed by atoms with E-state index in [4.69, 9.17) is 6.42 Å². The molecule has 0 aliphatic heterocycles. The zero-order valence-corrected chi connectivity index (χ0v) is 11.4. The van der Waals surface area contributed by atoms with Crippen LogP contribution in [0.25, 0.3) is 10.2 Å². The molecule has 0 saturated carbocycles. The highest BCUT2D eigenvalue weighted by molar-refractivity contribution is 7.16. The van der Waals surface area contributed by atoms with Gasteiger partial charge in [-0.1, -0.05) is 6.92 Å². The van der Waals surface area contributed by atoms with E-state index in [0.29, 0.717) is 0 Å². The fourth-order valence-corrected chi connectivity index (χ4v) is 2.53. The lowest BCUT2D eigenvalue weighted by Crippen LogP contribution is -2.06. The average Bonchev–Trinajstić information content (AvgIpc) is 2.86. The van der Waals surface area contributed by atoms with Crippen molar-refractivity contribution in [2.24, 2.45) is 0 Å². The molecule has 0 spiro atoms. The van der Waals surface area contributed by atoms with Crippen molar-refractivity contribution in [3.8, 4) is 12.3 Å². The summed E-state index contributed by atoms with van der Waals surface area (Å²) in [4.78, 5) is 10.1. The normalized spacial score (nSPS) is 10.4. The van der Waals surface area contributed by atoms with E-state index in [2.05, 4.69) is 39.6 Å². The molecule has 2 aromatic rings. The van der Waals surface area contributed by atoms with Crippen molar-refractivity contribution < 1.29 is 0 Å². The molecule has 2 rings (SSSR count). The lowest BCUT2D eigenvalue weighted by atomic mass is 10.2. The topological polar surface area (TPSA) is 37.8 Å². The lowest BCUT2D eigenvalue weighted by Gasteiger charge is -2.07. The van der Waals surface area contributed by atoms with Gasteiger partial charge in [-0.2, -0.15) is 0 Å². The Morgan fingerprint density at radius 1 is 1.39 bits per heavy atom. The maximum atomic E-state index is 5.23. The summed E-state index contributed by atoms with van der Waals surface area (Å²) in [6.45, 7) is 2.98. The zero-order chi connectivity index (χ0) is 12.8. The highest BCUT2D eigenvalue weighted by Crippen LogP contribution is 2.25. The van der Waals surface area contributed by atoms with Gasteiger partial charge in [0.2, 0.25) is 0 Å². The number of fused-ring (bicyclic) bond motifs is 1. The maximum absolute atomic E-state index is 5.23. The van der Waals surface area contributed by atoms with Gasteiger partial charge in [-0.3, -0.25) is 0 Å². The van der Waals surface area contributed by atoms with Gasteiger partial charge in [0, 0.05) is 19.4 Å². The van der Waals surface area contributed by atoms with Crippen LogP contribution in [0.3, 0.4) is 0 Å². The molecule has 2 heterocycles. The van der Waals surface area contributed by atoms with Gasteiger partial charge in [-0.15, -0.1) is 23.7 Å². The Morgan fingerprint density at radius 3 is 3.06 bits per heavy atom. The minimum absolute atomic E-state index is 0.847. The van der Waals surface area contributed by atoms with E-state index in [1.54, 1.807) is 11.3 Å². The lowest BCUT2D eigenvalue weighted by molar-refractivity contribution is 0.786. The highest BCUT2D eigenvalue weighted by Gasteiger charge is 2.07. The van der Waals surface area contributed by atoms with Crippen molar-refractivity contribution in [1.29, 1.82) is 0 Å². The summed E-state index contributed by atoms with van der Waals surface area (Å²) >= 11 is 1.66. The molecule has 0 amide bonds. The van der Waals surface area contributed by atoms with Crippen LogP contribution in [0.5, 0.6) is 0 Å². The van der Waals surface area contributed by atoms with Crippen molar-refractivity contribution in [2.75, 3.05) is 11.9 Å². The summed E-state index contributed by atoms with van der Waals surface area (Å²) in [5.41, 5.74) is 0. The number of anilines is 1. The molecule has 18 heavy (non-hydrogen) atoms. The quantitative estimate of drug-likeness (QED) is 0.637. The summed E-state index contributed by atoms with van der Waals surface area (Å²) in [5, 5.41) is 6.57. The number of thiophene rings is 1. The molecule has 0 aliphatic rings. The van der Waals surface area contributed by atoms with Crippen LogP contribution >= 0.6 is 11.3 Å². The third-order valence-corrected chi connectivity index (χ3v) is 3.53. The maximum Gasteiger partial charge on any atom is 0.138 e. The number of hydrogen-bond acceptors (Lipinski definition) is 4. The van der Waals surface area contributed by atoms with Crippen LogP contribution in [0.4, 0.5) is 5.82 Å². The Hall–Kier alpha value is -1.60. The summed E-state index contributed by atoms with van der Waals surface area (Å²) < 4.78 is 0. The van der Waals surface area contributed by atoms with Gasteiger partial charge in [-0.25, -0.2) is 9.97 Å². The number of aromatic nitrogens is 2. The molecule has 0 aliphatic carbocycles. The molecule has 0 radical (unpaired) electrons. The van der Waals surface area contributed by atoms with Crippen LogP contribution < -0.4 is 5.32 Å². The second-order valence-electron chi connectivity index (χ2n) is 4.07. The number of hydrogen-bond donors (Lipinski definition) is 1. The second kappa shape index (κ2) is 6.36. The second-order valence-corrected chi connectivity index (χ2v) is 4.96. The monoisotopic (exact) mass is 259 g/mol. The summed E-state index contributed by atoms with van der Waals surface area (Å²) in [5.74, 6) is 4.51.